The number of para-hydroxylation sites is 1. The molecule has 0 unspecified atom stereocenters. The lowest BCUT2D eigenvalue weighted by atomic mass is 9.97. The molecule has 7 nitrogen and oxygen atoms in total. The van der Waals surface area contributed by atoms with Crippen LogP contribution in [0.1, 0.15) is 12.8 Å². The Balaban J connectivity index is 1.37. The van der Waals surface area contributed by atoms with Crippen LogP contribution in [-0.2, 0) is 11.3 Å². The number of carbonyl (C=O) groups is 1. The number of fused-ring (bicyclic) bond motifs is 1. The average molecular weight is 356 g/mol. The number of hydrogen-bond donors (Lipinski definition) is 0. The zero-order valence-electron chi connectivity index (χ0n) is 14.8. The summed E-state index contributed by atoms with van der Waals surface area (Å²) < 4.78 is 7.03. The predicted octanol–water partition coefficient (Wildman–Crippen LogP) is 1.56. The van der Waals surface area contributed by atoms with Crippen LogP contribution in [0.3, 0.4) is 0 Å². The van der Waals surface area contributed by atoms with E-state index in [-0.39, 0.29) is 11.6 Å². The first-order valence-corrected chi connectivity index (χ1v) is 9.28. The Morgan fingerprint density at radius 2 is 1.77 bits per heavy atom. The molecular weight excluding hydrogens is 332 g/mol. The minimum atomic E-state index is 0.0161. The van der Waals surface area contributed by atoms with Crippen molar-refractivity contribution in [2.24, 2.45) is 5.92 Å². The van der Waals surface area contributed by atoms with E-state index in [1.54, 1.807) is 10.9 Å². The standard InChI is InChI=1S/C19H24N4O3/c24-18-16-3-1-2-4-17(16)20-14-23(18)13-15-5-7-21(8-6-15)19(25)22-9-11-26-12-10-22/h1-4,14-15H,5-13H2. The van der Waals surface area contributed by atoms with Gasteiger partial charge in [-0.2, -0.15) is 0 Å². The van der Waals surface area contributed by atoms with Gasteiger partial charge in [0.05, 0.1) is 30.4 Å². The van der Waals surface area contributed by atoms with Gasteiger partial charge in [-0.3, -0.25) is 9.36 Å². The maximum atomic E-state index is 12.6. The fourth-order valence-electron chi connectivity index (χ4n) is 3.78. The molecule has 1 aromatic heterocycles. The molecule has 26 heavy (non-hydrogen) atoms. The third-order valence-electron chi connectivity index (χ3n) is 5.35. The van der Waals surface area contributed by atoms with Crippen LogP contribution < -0.4 is 5.56 Å². The number of amides is 2. The highest BCUT2D eigenvalue weighted by Crippen LogP contribution is 2.20. The number of urea groups is 1. The maximum absolute atomic E-state index is 12.6. The van der Waals surface area contributed by atoms with E-state index in [0.29, 0.717) is 44.2 Å². The zero-order valence-corrected chi connectivity index (χ0v) is 14.8. The van der Waals surface area contributed by atoms with Crippen LogP contribution in [0, 0.1) is 5.92 Å². The van der Waals surface area contributed by atoms with Gasteiger partial charge < -0.3 is 14.5 Å². The number of morpholine rings is 1. The topological polar surface area (TPSA) is 67.7 Å². The highest BCUT2D eigenvalue weighted by Gasteiger charge is 2.27. The van der Waals surface area contributed by atoms with Crippen molar-refractivity contribution in [2.45, 2.75) is 19.4 Å². The summed E-state index contributed by atoms with van der Waals surface area (Å²) in [5.41, 5.74) is 0.752. The molecule has 3 heterocycles. The molecule has 0 N–H and O–H groups in total. The third-order valence-corrected chi connectivity index (χ3v) is 5.35. The van der Waals surface area contributed by atoms with Gasteiger partial charge in [-0.1, -0.05) is 12.1 Å². The lowest BCUT2D eigenvalue weighted by molar-refractivity contribution is 0.0397. The van der Waals surface area contributed by atoms with E-state index in [9.17, 15) is 9.59 Å². The van der Waals surface area contributed by atoms with Crippen molar-refractivity contribution >= 4 is 16.9 Å². The summed E-state index contributed by atoms with van der Waals surface area (Å²) in [5.74, 6) is 0.393. The highest BCUT2D eigenvalue weighted by molar-refractivity contribution is 5.77. The number of aromatic nitrogens is 2. The monoisotopic (exact) mass is 356 g/mol. The second-order valence-electron chi connectivity index (χ2n) is 7.03. The molecule has 0 saturated carbocycles. The Morgan fingerprint density at radius 1 is 1.08 bits per heavy atom. The van der Waals surface area contributed by atoms with Crippen LogP contribution in [-0.4, -0.2) is 64.8 Å². The van der Waals surface area contributed by atoms with E-state index in [1.807, 2.05) is 34.1 Å². The van der Waals surface area contributed by atoms with Crippen molar-refractivity contribution in [2.75, 3.05) is 39.4 Å². The van der Waals surface area contributed by atoms with Crippen molar-refractivity contribution < 1.29 is 9.53 Å². The molecule has 0 bridgehead atoms. The smallest absolute Gasteiger partial charge is 0.320 e. The Kier molecular flexibility index (Phi) is 4.88. The molecule has 2 fully saturated rings. The maximum Gasteiger partial charge on any atom is 0.320 e. The second-order valence-corrected chi connectivity index (χ2v) is 7.03. The molecule has 4 rings (SSSR count). The largest absolute Gasteiger partial charge is 0.378 e. The van der Waals surface area contributed by atoms with Crippen LogP contribution in [0.2, 0.25) is 0 Å². The molecule has 2 aliphatic rings. The number of hydrogen-bond acceptors (Lipinski definition) is 4. The molecule has 0 spiro atoms. The fourth-order valence-corrected chi connectivity index (χ4v) is 3.78. The molecule has 1 aromatic carbocycles. The van der Waals surface area contributed by atoms with Gasteiger partial charge in [0, 0.05) is 32.7 Å². The van der Waals surface area contributed by atoms with Crippen LogP contribution in [0.5, 0.6) is 0 Å². The summed E-state index contributed by atoms with van der Waals surface area (Å²) in [6.07, 6.45) is 3.47. The van der Waals surface area contributed by atoms with Crippen LogP contribution >= 0.6 is 0 Å². The molecular formula is C19H24N4O3. The van der Waals surface area contributed by atoms with Gasteiger partial charge in [-0.25, -0.2) is 9.78 Å². The highest BCUT2D eigenvalue weighted by atomic mass is 16.5. The molecule has 2 saturated heterocycles. The number of rotatable bonds is 2. The van der Waals surface area contributed by atoms with Crippen LogP contribution in [0.15, 0.2) is 35.4 Å². The molecule has 2 aromatic rings. The van der Waals surface area contributed by atoms with Crippen molar-refractivity contribution in [3.05, 3.63) is 40.9 Å². The molecule has 2 aliphatic heterocycles. The average Bonchev–Trinajstić information content (AvgIpc) is 2.71. The SMILES string of the molecule is O=C(N1CCOCC1)N1CCC(Cn2cnc3ccccc3c2=O)CC1. The molecule has 0 atom stereocenters. The first-order chi connectivity index (χ1) is 12.7. The second kappa shape index (κ2) is 7.45. The summed E-state index contributed by atoms with van der Waals surface area (Å²) in [7, 11) is 0. The van der Waals surface area contributed by atoms with Gasteiger partial charge in [0.1, 0.15) is 0 Å². The third kappa shape index (κ3) is 3.44. The van der Waals surface area contributed by atoms with E-state index in [2.05, 4.69) is 4.98 Å². The quantitative estimate of drug-likeness (QED) is 0.819. The van der Waals surface area contributed by atoms with Gasteiger partial charge in [-0.05, 0) is 30.9 Å². The van der Waals surface area contributed by atoms with Crippen molar-refractivity contribution in [3.63, 3.8) is 0 Å². The summed E-state index contributed by atoms with van der Waals surface area (Å²) in [4.78, 5) is 33.4. The van der Waals surface area contributed by atoms with E-state index < -0.39 is 0 Å². The Hall–Kier alpha value is -2.41. The molecule has 2 amide bonds. The Bertz CT molecular complexity index is 836. The van der Waals surface area contributed by atoms with Crippen molar-refractivity contribution in [1.82, 2.24) is 19.4 Å². The minimum absolute atomic E-state index is 0.0161. The summed E-state index contributed by atoms with van der Waals surface area (Å²) >= 11 is 0. The fraction of sp³-hybridized carbons (Fsp3) is 0.526. The minimum Gasteiger partial charge on any atom is -0.378 e. The number of likely N-dealkylation sites (tertiary alicyclic amines) is 1. The molecule has 7 heteroatoms. The normalized spacial score (nSPS) is 19.1. The Labute approximate surface area is 152 Å². The van der Waals surface area contributed by atoms with Gasteiger partial charge >= 0.3 is 6.03 Å². The van der Waals surface area contributed by atoms with Crippen molar-refractivity contribution in [1.29, 1.82) is 0 Å². The first kappa shape index (κ1) is 17.0. The van der Waals surface area contributed by atoms with Crippen LogP contribution in [0.25, 0.3) is 10.9 Å². The van der Waals surface area contributed by atoms with E-state index in [0.717, 1.165) is 31.4 Å². The van der Waals surface area contributed by atoms with Crippen LogP contribution in [0.4, 0.5) is 4.79 Å². The summed E-state index contributed by atoms with van der Waals surface area (Å²) in [6, 6.07) is 7.56. The van der Waals surface area contributed by atoms with Gasteiger partial charge in [-0.15, -0.1) is 0 Å². The summed E-state index contributed by atoms with van der Waals surface area (Å²) in [6.45, 7) is 4.76. The number of nitrogens with zero attached hydrogens (tertiary/aromatic N) is 4. The first-order valence-electron chi connectivity index (χ1n) is 9.28. The van der Waals surface area contributed by atoms with E-state index in [1.165, 1.54) is 0 Å². The molecule has 138 valence electrons. The zero-order chi connectivity index (χ0) is 17.9. The van der Waals surface area contributed by atoms with E-state index in [4.69, 9.17) is 4.74 Å². The van der Waals surface area contributed by atoms with Gasteiger partial charge in [0.15, 0.2) is 0 Å². The molecule has 0 radical (unpaired) electrons. The lowest BCUT2D eigenvalue weighted by Crippen LogP contribution is -2.50. The van der Waals surface area contributed by atoms with Gasteiger partial charge in [0.25, 0.3) is 5.56 Å². The number of carbonyl (C=O) groups excluding carboxylic acids is 1. The summed E-state index contributed by atoms with van der Waals surface area (Å²) in [5, 5.41) is 0.662. The van der Waals surface area contributed by atoms with Crippen molar-refractivity contribution in [3.8, 4) is 0 Å². The lowest BCUT2D eigenvalue weighted by Gasteiger charge is -2.37. The predicted molar refractivity (Wildman–Crippen MR) is 98.1 cm³/mol. The molecule has 0 aliphatic carbocycles. The number of benzene rings is 1. The van der Waals surface area contributed by atoms with E-state index >= 15 is 0 Å². The Morgan fingerprint density at radius 3 is 2.54 bits per heavy atom. The number of ether oxygens (including phenoxy) is 1. The van der Waals surface area contributed by atoms with Gasteiger partial charge in [0.2, 0.25) is 0 Å². The number of piperidine rings is 1.